The second kappa shape index (κ2) is 9.97. The van der Waals surface area contributed by atoms with Gasteiger partial charge in [-0.3, -0.25) is 13.9 Å². The Morgan fingerprint density at radius 1 is 1.11 bits per heavy atom. The fourth-order valence-electron chi connectivity index (χ4n) is 5.16. The lowest BCUT2D eigenvalue weighted by Crippen LogP contribution is -2.54. The molecule has 2 aromatic carbocycles. The monoisotopic (exact) mass is 526 g/mol. The second-order valence-electron chi connectivity index (χ2n) is 9.01. The fraction of sp³-hybridized carbons (Fsp3) is 0.333. The lowest BCUT2D eigenvalue weighted by molar-refractivity contribution is -0.142. The topological polar surface area (TPSA) is 49.9 Å². The molecule has 0 radical (unpaired) electrons. The summed E-state index contributed by atoms with van der Waals surface area (Å²) in [5.74, 6) is -1.50. The Balaban J connectivity index is 1.53. The van der Waals surface area contributed by atoms with Gasteiger partial charge in [0, 0.05) is 30.2 Å². The number of hydrogen-bond donors (Lipinski definition) is 1. The number of Topliss-reactive ketones (excluding diaryl/α,β-unsaturated/α-hetero) is 1. The molecule has 5 nitrogen and oxygen atoms in total. The lowest BCUT2D eigenvalue weighted by Gasteiger charge is -2.46. The van der Waals surface area contributed by atoms with Gasteiger partial charge in [-0.1, -0.05) is 61.7 Å². The maximum atomic E-state index is 13.7. The first-order chi connectivity index (χ1) is 17.0. The maximum Gasteiger partial charge on any atom is 0.248 e. The van der Waals surface area contributed by atoms with Crippen LogP contribution in [0.2, 0.25) is 5.02 Å². The predicted octanol–water partition coefficient (Wildman–Crippen LogP) is 5.69. The van der Waals surface area contributed by atoms with E-state index in [1.807, 2.05) is 29.0 Å². The van der Waals surface area contributed by atoms with Gasteiger partial charge < -0.3 is 9.64 Å². The average Bonchev–Trinajstić information content (AvgIpc) is 3.43. The van der Waals surface area contributed by atoms with Crippen molar-refractivity contribution < 1.29 is 14.3 Å². The number of carbonyl (C=O) groups is 2. The van der Waals surface area contributed by atoms with Crippen molar-refractivity contribution in [2.75, 3.05) is 24.6 Å². The highest BCUT2D eigenvalue weighted by Crippen LogP contribution is 2.48. The maximum absolute atomic E-state index is 13.7. The normalized spacial score (nSPS) is 25.2. The summed E-state index contributed by atoms with van der Waals surface area (Å²) < 4.78 is 7.26. The SMILES string of the molecule is CCC1CN(c2ccc(C3(c4ccsc4)CC(=O)C(c4ccccc4Cl)C(=O)N3S)cc2)CCO1. The number of thiophene rings is 1. The molecule has 35 heavy (non-hydrogen) atoms. The molecule has 3 atom stereocenters. The molecule has 2 aliphatic heterocycles. The van der Waals surface area contributed by atoms with Crippen molar-refractivity contribution in [3.8, 4) is 0 Å². The third-order valence-corrected chi connectivity index (χ3v) is 8.65. The molecule has 182 valence electrons. The number of nitrogens with zero attached hydrogens (tertiary/aromatic N) is 2. The van der Waals surface area contributed by atoms with Crippen LogP contribution >= 0.6 is 35.8 Å². The highest BCUT2D eigenvalue weighted by atomic mass is 35.5. The second-order valence-corrected chi connectivity index (χ2v) is 10.6. The molecule has 1 amide bonds. The van der Waals surface area contributed by atoms with Crippen molar-refractivity contribution in [3.63, 3.8) is 0 Å². The molecule has 0 saturated carbocycles. The van der Waals surface area contributed by atoms with Crippen molar-refractivity contribution in [3.05, 3.63) is 87.1 Å². The van der Waals surface area contributed by atoms with Crippen LogP contribution in [0.15, 0.2) is 65.4 Å². The van der Waals surface area contributed by atoms with Crippen LogP contribution in [0.4, 0.5) is 5.69 Å². The lowest BCUT2D eigenvalue weighted by atomic mass is 9.73. The van der Waals surface area contributed by atoms with E-state index >= 15 is 0 Å². The van der Waals surface area contributed by atoms with E-state index in [1.54, 1.807) is 24.3 Å². The first-order valence-corrected chi connectivity index (χ1v) is 13.5. The van der Waals surface area contributed by atoms with E-state index in [0.29, 0.717) is 17.2 Å². The zero-order chi connectivity index (χ0) is 24.6. The van der Waals surface area contributed by atoms with Gasteiger partial charge >= 0.3 is 0 Å². The third kappa shape index (κ3) is 4.29. The Kier molecular flexibility index (Phi) is 6.95. The first-order valence-electron chi connectivity index (χ1n) is 11.8. The molecule has 2 saturated heterocycles. The van der Waals surface area contributed by atoms with Gasteiger partial charge in [0.2, 0.25) is 5.91 Å². The number of carbonyl (C=O) groups excluding carboxylic acids is 2. The van der Waals surface area contributed by atoms with Crippen LogP contribution in [-0.2, 0) is 19.9 Å². The molecule has 1 aromatic heterocycles. The number of benzene rings is 2. The molecular formula is C27H27ClN2O3S2. The molecule has 2 aliphatic rings. The van der Waals surface area contributed by atoms with E-state index in [2.05, 4.69) is 24.0 Å². The molecule has 0 bridgehead atoms. The number of anilines is 1. The van der Waals surface area contributed by atoms with Gasteiger partial charge in [-0.15, -0.1) is 0 Å². The van der Waals surface area contributed by atoms with Gasteiger partial charge in [0.25, 0.3) is 0 Å². The van der Waals surface area contributed by atoms with Gasteiger partial charge in [-0.2, -0.15) is 11.3 Å². The number of ketones is 1. The first kappa shape index (κ1) is 24.4. The average molecular weight is 527 g/mol. The predicted molar refractivity (Wildman–Crippen MR) is 143 cm³/mol. The number of morpholine rings is 1. The van der Waals surface area contributed by atoms with Crippen LogP contribution in [0.25, 0.3) is 0 Å². The van der Waals surface area contributed by atoms with Crippen molar-refractivity contribution in [1.82, 2.24) is 4.31 Å². The van der Waals surface area contributed by atoms with Gasteiger partial charge in [0.15, 0.2) is 5.78 Å². The standard InChI is InChI=1S/C27H27ClN2O3S2/c1-2-21-16-29(12-13-33-21)20-9-7-18(8-10-20)27(19-11-14-35-17-19)15-24(31)25(26(32)30(27)34)22-5-3-4-6-23(22)28/h3-11,14,17,21,25,34H,2,12-13,15-16H2,1H3. The number of thiol groups is 1. The molecule has 2 fully saturated rings. The van der Waals surface area contributed by atoms with E-state index in [9.17, 15) is 9.59 Å². The number of rotatable bonds is 5. The molecular weight excluding hydrogens is 500 g/mol. The van der Waals surface area contributed by atoms with Crippen molar-refractivity contribution in [1.29, 1.82) is 0 Å². The van der Waals surface area contributed by atoms with Crippen LogP contribution in [0, 0.1) is 0 Å². The Morgan fingerprint density at radius 2 is 1.89 bits per heavy atom. The van der Waals surface area contributed by atoms with Crippen LogP contribution < -0.4 is 4.90 Å². The van der Waals surface area contributed by atoms with Crippen molar-refractivity contribution >= 4 is 53.1 Å². The zero-order valence-electron chi connectivity index (χ0n) is 19.4. The molecule has 0 aliphatic carbocycles. The minimum absolute atomic E-state index is 0.115. The number of halogens is 1. The summed E-state index contributed by atoms with van der Waals surface area (Å²) in [5, 5.41) is 4.35. The van der Waals surface area contributed by atoms with E-state index in [4.69, 9.17) is 29.2 Å². The fourth-order valence-corrected chi connectivity index (χ4v) is 6.54. The highest BCUT2D eigenvalue weighted by molar-refractivity contribution is 7.78. The number of hydrogen-bond acceptors (Lipinski definition) is 6. The van der Waals surface area contributed by atoms with E-state index in [1.165, 1.54) is 15.6 Å². The molecule has 8 heteroatoms. The summed E-state index contributed by atoms with van der Waals surface area (Å²) in [6.07, 6.45) is 1.31. The summed E-state index contributed by atoms with van der Waals surface area (Å²) >= 11 is 12.6. The molecule has 3 aromatic rings. The number of ether oxygens (including phenoxy) is 1. The Labute approximate surface area is 220 Å². The van der Waals surface area contributed by atoms with E-state index < -0.39 is 11.5 Å². The zero-order valence-corrected chi connectivity index (χ0v) is 21.9. The highest BCUT2D eigenvalue weighted by Gasteiger charge is 2.52. The Hall–Kier alpha value is -2.32. The van der Waals surface area contributed by atoms with Crippen molar-refractivity contribution in [2.24, 2.45) is 0 Å². The smallest absolute Gasteiger partial charge is 0.248 e. The molecule has 3 unspecified atom stereocenters. The van der Waals surface area contributed by atoms with Gasteiger partial charge in [0.1, 0.15) is 11.5 Å². The molecule has 0 spiro atoms. The largest absolute Gasteiger partial charge is 0.375 e. The summed E-state index contributed by atoms with van der Waals surface area (Å²) in [7, 11) is 0. The minimum Gasteiger partial charge on any atom is -0.375 e. The van der Waals surface area contributed by atoms with Gasteiger partial charge in [0.05, 0.1) is 12.7 Å². The molecule has 0 N–H and O–H groups in total. The summed E-state index contributed by atoms with van der Waals surface area (Å²) in [6.45, 7) is 4.52. The van der Waals surface area contributed by atoms with Crippen LogP contribution in [0.3, 0.4) is 0 Å². The molecule has 3 heterocycles. The van der Waals surface area contributed by atoms with Crippen LogP contribution in [0.1, 0.15) is 42.4 Å². The number of piperidine rings is 1. The minimum atomic E-state index is -0.996. The van der Waals surface area contributed by atoms with Gasteiger partial charge in [-0.05, 0) is 58.1 Å². The molecule has 5 rings (SSSR count). The quantitative estimate of drug-likeness (QED) is 0.343. The summed E-state index contributed by atoms with van der Waals surface area (Å²) in [6, 6.07) is 17.2. The summed E-state index contributed by atoms with van der Waals surface area (Å²) in [4.78, 5) is 29.6. The Morgan fingerprint density at radius 3 is 2.57 bits per heavy atom. The van der Waals surface area contributed by atoms with Gasteiger partial charge in [-0.25, -0.2) is 0 Å². The van der Waals surface area contributed by atoms with Crippen LogP contribution in [-0.4, -0.2) is 41.8 Å². The van der Waals surface area contributed by atoms with Crippen molar-refractivity contribution in [2.45, 2.75) is 37.3 Å². The summed E-state index contributed by atoms with van der Waals surface area (Å²) in [5.41, 5.74) is 2.36. The Bertz CT molecular complexity index is 1220. The number of amides is 1. The third-order valence-electron chi connectivity index (χ3n) is 7.09. The van der Waals surface area contributed by atoms with E-state index in [-0.39, 0.29) is 24.2 Å². The van der Waals surface area contributed by atoms with E-state index in [0.717, 1.165) is 36.3 Å². The van der Waals surface area contributed by atoms with Crippen LogP contribution in [0.5, 0.6) is 0 Å².